The van der Waals surface area contributed by atoms with Crippen molar-refractivity contribution < 1.29 is 29.3 Å². The molecule has 1 heterocycles. The van der Waals surface area contributed by atoms with Crippen LogP contribution in [0, 0.1) is 0 Å². The average molecular weight is 403 g/mol. The largest absolute Gasteiger partial charge is 0.503 e. The van der Waals surface area contributed by atoms with Gasteiger partial charge in [-0.3, -0.25) is 14.5 Å². The molecule has 0 aromatic heterocycles. The van der Waals surface area contributed by atoms with E-state index in [1.54, 1.807) is 30.3 Å². The van der Waals surface area contributed by atoms with Crippen LogP contribution in [0.5, 0.6) is 11.5 Å². The molecular formula is C19H15ClN2O6. The van der Waals surface area contributed by atoms with Gasteiger partial charge in [0.1, 0.15) is 5.70 Å². The molecule has 9 heteroatoms. The molecule has 0 unspecified atom stereocenters. The van der Waals surface area contributed by atoms with Gasteiger partial charge in [-0.25, -0.2) is 4.79 Å². The summed E-state index contributed by atoms with van der Waals surface area (Å²) in [5.41, 5.74) is 0.133. The fourth-order valence-electron chi connectivity index (χ4n) is 2.54. The zero-order valence-electron chi connectivity index (χ0n) is 14.4. The van der Waals surface area contributed by atoms with Gasteiger partial charge >= 0.3 is 5.97 Å². The fourth-order valence-corrected chi connectivity index (χ4v) is 2.74. The number of aliphatic hydroxyl groups is 1. The van der Waals surface area contributed by atoms with Crippen molar-refractivity contribution in [2.75, 3.05) is 18.5 Å². The first-order valence-corrected chi connectivity index (χ1v) is 8.53. The number of nitrogens with zero attached hydrogens (tertiary/aromatic N) is 1. The van der Waals surface area contributed by atoms with Gasteiger partial charge in [0.15, 0.2) is 11.5 Å². The third kappa shape index (κ3) is 3.98. The number of benzene rings is 2. The molecule has 2 aromatic rings. The summed E-state index contributed by atoms with van der Waals surface area (Å²) in [6.45, 7) is -0.526. The third-order valence-electron chi connectivity index (χ3n) is 3.85. The molecule has 0 saturated heterocycles. The molecule has 0 saturated carbocycles. The average Bonchev–Trinajstić information content (AvgIpc) is 2.94. The fraction of sp³-hybridized carbons (Fsp3) is 0.105. The molecular weight excluding hydrogens is 388 g/mol. The summed E-state index contributed by atoms with van der Waals surface area (Å²) in [6.07, 6.45) is 1.04. The van der Waals surface area contributed by atoms with Gasteiger partial charge in [0.25, 0.3) is 11.8 Å². The van der Waals surface area contributed by atoms with Crippen molar-refractivity contribution >= 4 is 35.1 Å². The van der Waals surface area contributed by atoms with Crippen LogP contribution in [0.1, 0.15) is 10.4 Å². The lowest BCUT2D eigenvalue weighted by atomic mass is 10.2. The minimum absolute atomic E-state index is 0.0263. The summed E-state index contributed by atoms with van der Waals surface area (Å²) in [5, 5.41) is 22.1. The second-order valence-corrected chi connectivity index (χ2v) is 6.19. The van der Waals surface area contributed by atoms with Crippen molar-refractivity contribution in [1.29, 1.82) is 0 Å². The number of phenolic OH excluding ortho intramolecular Hbond substituents is 1. The lowest BCUT2D eigenvalue weighted by Crippen LogP contribution is -2.34. The van der Waals surface area contributed by atoms with Crippen molar-refractivity contribution in [3.05, 3.63) is 64.8 Å². The number of ether oxygens (including phenoxy) is 1. The highest BCUT2D eigenvalue weighted by molar-refractivity contribution is 6.31. The molecule has 2 aromatic carbocycles. The summed E-state index contributed by atoms with van der Waals surface area (Å²) in [7, 11) is 0. The zero-order chi connectivity index (χ0) is 20.3. The summed E-state index contributed by atoms with van der Waals surface area (Å²) >= 11 is 6.02. The van der Waals surface area contributed by atoms with Gasteiger partial charge in [0, 0.05) is 17.2 Å². The van der Waals surface area contributed by atoms with Crippen molar-refractivity contribution in [1.82, 2.24) is 4.90 Å². The normalized spacial score (nSPS) is 13.5. The number of aromatic hydroxyl groups is 1. The molecule has 3 N–H and O–H groups in total. The molecule has 3 rings (SSSR count). The molecule has 2 amide bonds. The maximum Gasteiger partial charge on any atom is 0.343 e. The highest BCUT2D eigenvalue weighted by Crippen LogP contribution is 2.39. The van der Waals surface area contributed by atoms with E-state index in [0.717, 1.165) is 11.0 Å². The minimum atomic E-state index is -0.704. The monoisotopic (exact) mass is 402 g/mol. The first-order chi connectivity index (χ1) is 13.4. The summed E-state index contributed by atoms with van der Waals surface area (Å²) in [6, 6.07) is 10.7. The van der Waals surface area contributed by atoms with Crippen LogP contribution in [0.25, 0.3) is 0 Å². The number of β-amino-alcohol motifs (C(OH)–C–C–N with tert-alkyl or cyclic N) is 1. The van der Waals surface area contributed by atoms with Crippen LogP contribution in [0.2, 0.25) is 5.02 Å². The van der Waals surface area contributed by atoms with Crippen molar-refractivity contribution in [2.45, 2.75) is 0 Å². The molecule has 1 aliphatic heterocycles. The molecule has 0 atom stereocenters. The van der Waals surface area contributed by atoms with Gasteiger partial charge in [0.2, 0.25) is 0 Å². The van der Waals surface area contributed by atoms with E-state index < -0.39 is 23.5 Å². The molecule has 0 spiro atoms. The summed E-state index contributed by atoms with van der Waals surface area (Å²) < 4.78 is 5.20. The predicted octanol–water partition coefficient (Wildman–Crippen LogP) is 1.92. The van der Waals surface area contributed by atoms with Crippen molar-refractivity contribution in [3.8, 4) is 11.5 Å². The van der Waals surface area contributed by atoms with Crippen LogP contribution in [-0.4, -0.2) is 46.0 Å². The Bertz CT molecular complexity index is 974. The number of aliphatic hydroxyl groups excluding tert-OH is 1. The van der Waals surface area contributed by atoms with Gasteiger partial charge < -0.3 is 20.3 Å². The number of halogens is 1. The molecule has 0 radical (unpaired) electrons. The van der Waals surface area contributed by atoms with Gasteiger partial charge in [-0.05, 0) is 18.2 Å². The number of rotatable bonds is 6. The molecule has 8 nitrogen and oxygen atoms in total. The standard InChI is InChI=1S/C19H15ClN2O6/c20-12-8-13(21-14-10-16(24)22(6-7-23)18(14)26)17(25)15(9-12)28-19(27)11-4-2-1-3-5-11/h1-5,8-10,21,23,25H,6-7H2. The molecule has 0 fully saturated rings. The Morgan fingerprint density at radius 2 is 1.89 bits per heavy atom. The number of hydrogen-bond donors (Lipinski definition) is 3. The van der Waals surface area contributed by atoms with Crippen molar-refractivity contribution in [3.63, 3.8) is 0 Å². The van der Waals surface area contributed by atoms with Crippen LogP contribution < -0.4 is 10.1 Å². The zero-order valence-corrected chi connectivity index (χ0v) is 15.1. The van der Waals surface area contributed by atoms with E-state index in [1.807, 2.05) is 0 Å². The molecule has 1 aliphatic rings. The topological polar surface area (TPSA) is 116 Å². The third-order valence-corrected chi connectivity index (χ3v) is 4.07. The van der Waals surface area contributed by atoms with Crippen LogP contribution in [-0.2, 0) is 9.59 Å². The van der Waals surface area contributed by atoms with Crippen molar-refractivity contribution in [2.24, 2.45) is 0 Å². The highest BCUT2D eigenvalue weighted by Gasteiger charge is 2.31. The smallest absolute Gasteiger partial charge is 0.343 e. The van der Waals surface area contributed by atoms with Gasteiger partial charge in [0.05, 0.1) is 24.4 Å². The quantitative estimate of drug-likeness (QED) is 0.292. The van der Waals surface area contributed by atoms with Gasteiger partial charge in [-0.15, -0.1) is 0 Å². The van der Waals surface area contributed by atoms with E-state index in [-0.39, 0.29) is 40.9 Å². The molecule has 0 aliphatic carbocycles. The number of amides is 2. The van der Waals surface area contributed by atoms with E-state index in [4.69, 9.17) is 21.4 Å². The maximum atomic E-state index is 12.2. The molecule has 0 bridgehead atoms. The molecule has 144 valence electrons. The SMILES string of the molecule is O=C(Oc1cc(Cl)cc(NC2=CC(=O)N(CCO)C2=O)c1O)c1ccccc1. The van der Waals surface area contributed by atoms with Gasteiger partial charge in [-0.1, -0.05) is 29.8 Å². The van der Waals surface area contributed by atoms with E-state index in [2.05, 4.69) is 5.32 Å². The van der Waals surface area contributed by atoms with Gasteiger partial charge in [-0.2, -0.15) is 0 Å². The van der Waals surface area contributed by atoms with Crippen LogP contribution in [0.3, 0.4) is 0 Å². The Balaban J connectivity index is 1.84. The second kappa shape index (κ2) is 8.12. The number of carbonyl (C=O) groups excluding carboxylic acids is 3. The highest BCUT2D eigenvalue weighted by atomic mass is 35.5. The lowest BCUT2D eigenvalue weighted by Gasteiger charge is -2.15. The Morgan fingerprint density at radius 1 is 1.18 bits per heavy atom. The minimum Gasteiger partial charge on any atom is -0.503 e. The number of imide groups is 1. The van der Waals surface area contributed by atoms with E-state index in [1.165, 1.54) is 12.1 Å². The van der Waals surface area contributed by atoms with E-state index in [9.17, 15) is 19.5 Å². The number of nitrogens with one attached hydrogen (secondary N) is 1. The second-order valence-electron chi connectivity index (χ2n) is 5.76. The number of hydrogen-bond acceptors (Lipinski definition) is 7. The van der Waals surface area contributed by atoms with E-state index in [0.29, 0.717) is 0 Å². The number of anilines is 1. The van der Waals surface area contributed by atoms with Crippen LogP contribution in [0.15, 0.2) is 54.2 Å². The Morgan fingerprint density at radius 3 is 2.57 bits per heavy atom. The number of esters is 1. The molecule has 28 heavy (non-hydrogen) atoms. The number of carbonyl (C=O) groups is 3. The Hall–Kier alpha value is -3.36. The summed E-state index contributed by atoms with van der Waals surface area (Å²) in [5.74, 6) is -2.64. The van der Waals surface area contributed by atoms with E-state index >= 15 is 0 Å². The first-order valence-electron chi connectivity index (χ1n) is 8.16. The first kappa shape index (κ1) is 19.4. The number of phenols is 1. The Labute approximate surface area is 164 Å². The lowest BCUT2D eigenvalue weighted by molar-refractivity contribution is -0.137. The van der Waals surface area contributed by atoms with Crippen LogP contribution >= 0.6 is 11.6 Å². The predicted molar refractivity (Wildman–Crippen MR) is 100 cm³/mol. The summed E-state index contributed by atoms with van der Waals surface area (Å²) in [4.78, 5) is 37.1. The Kier molecular flexibility index (Phi) is 5.62. The maximum absolute atomic E-state index is 12.2. The van der Waals surface area contributed by atoms with Crippen LogP contribution in [0.4, 0.5) is 5.69 Å².